The number of rotatable bonds is 3. The molecule has 2 rings (SSSR count). The van der Waals surface area contributed by atoms with Crippen molar-refractivity contribution in [3.8, 4) is 0 Å². The van der Waals surface area contributed by atoms with Crippen LogP contribution in [-0.2, 0) is 4.79 Å². The van der Waals surface area contributed by atoms with E-state index >= 15 is 0 Å². The lowest BCUT2D eigenvalue weighted by Crippen LogP contribution is -2.45. The van der Waals surface area contributed by atoms with Gasteiger partial charge in [-0.1, -0.05) is 25.6 Å². The molecule has 1 aliphatic rings. The number of nitrogen functional groups attached to an aromatic ring is 2. The molecule has 4 N–H and O–H groups in total. The van der Waals surface area contributed by atoms with Crippen LogP contribution in [0.1, 0.15) is 27.2 Å². The van der Waals surface area contributed by atoms with Crippen LogP contribution < -0.4 is 11.5 Å². The van der Waals surface area contributed by atoms with Crippen LogP contribution in [0.4, 0.5) is 11.6 Å². The van der Waals surface area contributed by atoms with Gasteiger partial charge in [-0.25, -0.2) is 9.97 Å². The van der Waals surface area contributed by atoms with E-state index in [0.717, 1.165) is 13.1 Å². The second kappa shape index (κ2) is 6.51. The molecule has 3 atom stereocenters. The lowest BCUT2D eigenvalue weighted by atomic mass is 9.92. The highest BCUT2D eigenvalue weighted by Crippen LogP contribution is 2.26. The number of hydrogen-bond acceptors (Lipinski definition) is 6. The Morgan fingerprint density at radius 3 is 2.33 bits per heavy atom. The maximum Gasteiger partial charge on any atom is 0.235 e. The number of anilines is 2. The first-order valence-corrected chi connectivity index (χ1v) is 8.08. The maximum atomic E-state index is 12.6. The zero-order valence-corrected chi connectivity index (χ0v) is 13.6. The van der Waals surface area contributed by atoms with Gasteiger partial charge in [-0.15, -0.1) is 0 Å². The monoisotopic (exact) mass is 309 g/mol. The van der Waals surface area contributed by atoms with Crippen LogP contribution in [0, 0.1) is 11.8 Å². The third-order valence-corrected chi connectivity index (χ3v) is 4.50. The highest BCUT2D eigenvalue weighted by atomic mass is 32.2. The molecule has 0 aliphatic carbocycles. The molecule has 0 bridgehead atoms. The molecule has 1 fully saturated rings. The Hall–Kier alpha value is -1.50. The van der Waals surface area contributed by atoms with Gasteiger partial charge in [-0.05, 0) is 25.2 Å². The van der Waals surface area contributed by atoms with Gasteiger partial charge < -0.3 is 16.4 Å². The number of aromatic nitrogens is 2. The van der Waals surface area contributed by atoms with E-state index in [9.17, 15) is 4.79 Å². The summed E-state index contributed by atoms with van der Waals surface area (Å²) in [5, 5.41) is 0.204. The summed E-state index contributed by atoms with van der Waals surface area (Å²) in [6, 6.07) is 1.50. The molecule has 0 radical (unpaired) electrons. The lowest BCUT2D eigenvalue weighted by Gasteiger charge is -2.36. The molecular formula is C14H23N5OS. The van der Waals surface area contributed by atoms with Crippen LogP contribution in [-0.4, -0.2) is 39.1 Å². The van der Waals surface area contributed by atoms with Crippen molar-refractivity contribution in [2.24, 2.45) is 11.8 Å². The van der Waals surface area contributed by atoms with E-state index in [1.807, 2.05) is 11.8 Å². The summed E-state index contributed by atoms with van der Waals surface area (Å²) in [5.41, 5.74) is 11.3. The van der Waals surface area contributed by atoms with Gasteiger partial charge in [0.1, 0.15) is 11.6 Å². The molecule has 6 nitrogen and oxygen atoms in total. The van der Waals surface area contributed by atoms with Gasteiger partial charge >= 0.3 is 0 Å². The van der Waals surface area contributed by atoms with Crippen LogP contribution >= 0.6 is 11.8 Å². The minimum atomic E-state index is -0.247. The third kappa shape index (κ3) is 4.23. The van der Waals surface area contributed by atoms with Gasteiger partial charge in [0.15, 0.2) is 5.16 Å². The molecule has 7 heteroatoms. The summed E-state index contributed by atoms with van der Waals surface area (Å²) in [6.45, 7) is 7.91. The van der Waals surface area contributed by atoms with Crippen molar-refractivity contribution in [2.45, 2.75) is 37.6 Å². The largest absolute Gasteiger partial charge is 0.383 e. The Kier molecular flexibility index (Phi) is 4.92. The molecular weight excluding hydrogens is 286 g/mol. The smallest absolute Gasteiger partial charge is 0.235 e. The molecule has 116 valence electrons. The van der Waals surface area contributed by atoms with Gasteiger partial charge in [0.05, 0.1) is 5.25 Å². The summed E-state index contributed by atoms with van der Waals surface area (Å²) in [7, 11) is 0. The van der Waals surface area contributed by atoms with Crippen molar-refractivity contribution in [3.63, 3.8) is 0 Å². The van der Waals surface area contributed by atoms with E-state index in [1.54, 1.807) is 0 Å². The first kappa shape index (κ1) is 15.9. The van der Waals surface area contributed by atoms with Crippen molar-refractivity contribution in [3.05, 3.63) is 6.07 Å². The second-order valence-electron chi connectivity index (χ2n) is 5.95. The number of nitrogens with two attached hydrogens (primary N) is 2. The number of nitrogens with zero attached hydrogens (tertiary/aromatic N) is 3. The SMILES string of the molecule is C[C@@H]1C[C@@H](C)CN(C(=O)[C@H](C)Sc2nc(N)cc(N)n2)C1. The number of carbonyl (C=O) groups is 1. The molecule has 21 heavy (non-hydrogen) atoms. The second-order valence-corrected chi connectivity index (χ2v) is 7.26. The van der Waals surface area contributed by atoms with Gasteiger partial charge in [0.2, 0.25) is 5.91 Å². The van der Waals surface area contributed by atoms with Crippen molar-refractivity contribution in [1.82, 2.24) is 14.9 Å². The number of amides is 1. The van der Waals surface area contributed by atoms with Crippen LogP contribution in [0.5, 0.6) is 0 Å². The fraction of sp³-hybridized carbons (Fsp3) is 0.643. The van der Waals surface area contributed by atoms with Gasteiger partial charge in [-0.2, -0.15) is 0 Å². The van der Waals surface area contributed by atoms with Gasteiger partial charge in [0, 0.05) is 19.2 Å². The lowest BCUT2D eigenvalue weighted by molar-refractivity contribution is -0.132. The first-order valence-electron chi connectivity index (χ1n) is 7.20. The number of thioether (sulfide) groups is 1. The average Bonchev–Trinajstić information content (AvgIpc) is 2.35. The molecule has 1 saturated heterocycles. The zero-order valence-electron chi connectivity index (χ0n) is 12.7. The molecule has 2 heterocycles. The number of piperidine rings is 1. The normalized spacial score (nSPS) is 23.9. The summed E-state index contributed by atoms with van der Waals surface area (Å²) in [4.78, 5) is 22.7. The van der Waals surface area contributed by atoms with Crippen LogP contribution in [0.3, 0.4) is 0 Å². The van der Waals surface area contributed by atoms with Crippen LogP contribution in [0.15, 0.2) is 11.2 Å². The number of carbonyl (C=O) groups excluding carboxylic acids is 1. The van der Waals surface area contributed by atoms with Crippen LogP contribution in [0.2, 0.25) is 0 Å². The van der Waals surface area contributed by atoms with Crippen molar-refractivity contribution in [1.29, 1.82) is 0 Å². The van der Waals surface area contributed by atoms with Gasteiger partial charge in [-0.3, -0.25) is 4.79 Å². The minimum Gasteiger partial charge on any atom is -0.383 e. The van der Waals surface area contributed by atoms with E-state index < -0.39 is 0 Å². The van der Waals surface area contributed by atoms with E-state index in [1.165, 1.54) is 24.2 Å². The van der Waals surface area contributed by atoms with Crippen LogP contribution in [0.25, 0.3) is 0 Å². The fourth-order valence-corrected chi connectivity index (χ4v) is 3.71. The number of likely N-dealkylation sites (tertiary alicyclic amines) is 1. The quantitative estimate of drug-likeness (QED) is 0.650. The molecule has 0 unspecified atom stereocenters. The first-order chi connectivity index (χ1) is 9.85. The van der Waals surface area contributed by atoms with Crippen molar-refractivity contribution < 1.29 is 4.79 Å². The highest BCUT2D eigenvalue weighted by Gasteiger charge is 2.29. The fourth-order valence-electron chi connectivity index (χ4n) is 2.82. The predicted octanol–water partition coefficient (Wildman–Crippen LogP) is 1.63. The molecule has 0 aromatic carbocycles. The molecule has 1 aliphatic heterocycles. The Morgan fingerprint density at radius 2 is 1.81 bits per heavy atom. The Labute approximate surface area is 129 Å². The molecule has 1 amide bonds. The molecule has 1 aromatic rings. The van der Waals surface area contributed by atoms with E-state index in [4.69, 9.17) is 11.5 Å². The van der Waals surface area contributed by atoms with Crippen molar-refractivity contribution in [2.75, 3.05) is 24.6 Å². The Bertz CT molecular complexity index is 494. The summed E-state index contributed by atoms with van der Waals surface area (Å²) >= 11 is 1.30. The zero-order chi connectivity index (χ0) is 15.6. The Morgan fingerprint density at radius 1 is 1.29 bits per heavy atom. The average molecular weight is 309 g/mol. The van der Waals surface area contributed by atoms with E-state index in [0.29, 0.717) is 28.6 Å². The molecule has 0 spiro atoms. The molecule has 1 aromatic heterocycles. The summed E-state index contributed by atoms with van der Waals surface area (Å²) in [5.74, 6) is 1.88. The summed E-state index contributed by atoms with van der Waals surface area (Å²) < 4.78 is 0. The third-order valence-electron chi connectivity index (χ3n) is 3.56. The predicted molar refractivity (Wildman–Crippen MR) is 85.7 cm³/mol. The maximum absolute atomic E-state index is 12.6. The minimum absolute atomic E-state index is 0.128. The number of hydrogen-bond donors (Lipinski definition) is 2. The topological polar surface area (TPSA) is 98.1 Å². The van der Waals surface area contributed by atoms with Crippen molar-refractivity contribution >= 4 is 29.3 Å². The Balaban J connectivity index is 2.02. The molecule has 0 saturated carbocycles. The standard InChI is InChI=1S/C14H23N5OS/c1-8-4-9(2)7-19(6-8)13(20)10(3)21-14-17-11(15)5-12(16)18-14/h5,8-10H,4,6-7H2,1-3H3,(H4,15,16,17,18)/t8-,9-,10+/m1/s1. The van der Waals surface area contributed by atoms with E-state index in [-0.39, 0.29) is 11.2 Å². The van der Waals surface area contributed by atoms with Gasteiger partial charge in [0.25, 0.3) is 0 Å². The highest BCUT2D eigenvalue weighted by molar-refractivity contribution is 8.00. The van der Waals surface area contributed by atoms with E-state index in [2.05, 4.69) is 23.8 Å². The summed E-state index contributed by atoms with van der Waals surface area (Å²) in [6.07, 6.45) is 1.18.